The van der Waals surface area contributed by atoms with Gasteiger partial charge in [0.1, 0.15) is 23.1 Å². The first kappa shape index (κ1) is 12.0. The molecule has 0 bridgehead atoms. The average Bonchev–Trinajstić information content (AvgIpc) is 2.34. The van der Waals surface area contributed by atoms with Gasteiger partial charge in [-0.15, -0.1) is 0 Å². The molecule has 18 heavy (non-hydrogen) atoms. The Balaban J connectivity index is 2.25. The summed E-state index contributed by atoms with van der Waals surface area (Å²) in [6, 6.07) is 5.89. The van der Waals surface area contributed by atoms with Crippen LogP contribution in [-0.2, 0) is 0 Å². The molecular formula is C12H11FN4O. The molecule has 2 rings (SSSR count). The average molecular weight is 246 g/mol. The zero-order valence-corrected chi connectivity index (χ0v) is 9.64. The van der Waals surface area contributed by atoms with Crippen LogP contribution in [0, 0.1) is 18.2 Å². The third-order valence-electron chi connectivity index (χ3n) is 2.25. The van der Waals surface area contributed by atoms with Gasteiger partial charge in [0.05, 0.1) is 0 Å². The third-order valence-corrected chi connectivity index (χ3v) is 2.25. The zero-order chi connectivity index (χ0) is 13.1. The number of hydrogen-bond donors (Lipinski definition) is 2. The van der Waals surface area contributed by atoms with E-state index in [-0.39, 0.29) is 23.4 Å². The molecule has 0 radical (unpaired) electrons. The maximum atomic E-state index is 13.1. The van der Waals surface area contributed by atoms with Crippen LogP contribution in [0.2, 0.25) is 0 Å². The molecule has 0 aliphatic rings. The zero-order valence-electron chi connectivity index (χ0n) is 9.64. The summed E-state index contributed by atoms with van der Waals surface area (Å²) in [6.07, 6.45) is 1.44. The molecule has 1 heterocycles. The lowest BCUT2D eigenvalue weighted by atomic mass is 10.2. The fourth-order valence-electron chi connectivity index (χ4n) is 1.33. The topological polar surface area (TPSA) is 84.9 Å². The highest BCUT2D eigenvalue weighted by molar-refractivity contribution is 5.92. The minimum Gasteiger partial charge on any atom is -0.424 e. The summed E-state index contributed by atoms with van der Waals surface area (Å²) in [4.78, 5) is 7.83. The largest absolute Gasteiger partial charge is 0.424 e. The Bertz CT molecular complexity index is 600. The molecule has 0 aliphatic heterocycles. The molecule has 0 spiro atoms. The van der Waals surface area contributed by atoms with E-state index < -0.39 is 0 Å². The minimum absolute atomic E-state index is 0.0636. The Morgan fingerprint density at radius 3 is 2.83 bits per heavy atom. The fraction of sp³-hybridized carbons (Fsp3) is 0.0833. The van der Waals surface area contributed by atoms with Crippen LogP contribution >= 0.6 is 0 Å². The standard InChI is InChI=1S/C12H11FN4O/c1-7-6-8(2-3-9(7)13)18-12-16-5-4-10(17-12)11(14)15/h2-6H,1H3,(H3,14,15). The predicted molar refractivity (Wildman–Crippen MR) is 64.3 cm³/mol. The van der Waals surface area contributed by atoms with Gasteiger partial charge < -0.3 is 10.5 Å². The molecule has 0 fully saturated rings. The highest BCUT2D eigenvalue weighted by Crippen LogP contribution is 2.20. The van der Waals surface area contributed by atoms with Crippen molar-refractivity contribution in [2.75, 3.05) is 0 Å². The Morgan fingerprint density at radius 2 is 2.17 bits per heavy atom. The number of nitrogens with zero attached hydrogens (tertiary/aromatic N) is 2. The monoisotopic (exact) mass is 246 g/mol. The summed E-state index contributed by atoms with van der Waals surface area (Å²) < 4.78 is 18.4. The maximum Gasteiger partial charge on any atom is 0.322 e. The van der Waals surface area contributed by atoms with E-state index in [0.29, 0.717) is 11.3 Å². The number of aromatic nitrogens is 2. The summed E-state index contributed by atoms with van der Waals surface area (Å²) in [7, 11) is 0. The Morgan fingerprint density at radius 1 is 1.39 bits per heavy atom. The first-order valence-corrected chi connectivity index (χ1v) is 5.17. The normalized spacial score (nSPS) is 10.1. The number of nitrogens with two attached hydrogens (primary N) is 1. The third kappa shape index (κ3) is 2.60. The molecule has 0 amide bonds. The number of rotatable bonds is 3. The maximum absolute atomic E-state index is 13.1. The summed E-state index contributed by atoms with van der Waals surface area (Å²) in [5.41, 5.74) is 6.05. The molecule has 1 aromatic carbocycles. The fourth-order valence-corrected chi connectivity index (χ4v) is 1.33. The van der Waals surface area contributed by atoms with E-state index in [4.69, 9.17) is 15.9 Å². The van der Waals surface area contributed by atoms with Crippen LogP contribution in [0.5, 0.6) is 11.8 Å². The van der Waals surface area contributed by atoms with Gasteiger partial charge in [0.25, 0.3) is 0 Å². The number of hydrogen-bond acceptors (Lipinski definition) is 4. The van der Waals surface area contributed by atoms with Crippen LogP contribution < -0.4 is 10.5 Å². The molecule has 0 aliphatic carbocycles. The first-order chi connectivity index (χ1) is 8.56. The van der Waals surface area contributed by atoms with E-state index in [1.54, 1.807) is 13.0 Å². The summed E-state index contributed by atoms with van der Waals surface area (Å²) >= 11 is 0. The molecule has 0 saturated carbocycles. The Labute approximate surface area is 103 Å². The van der Waals surface area contributed by atoms with Gasteiger partial charge in [-0.25, -0.2) is 9.37 Å². The second kappa shape index (κ2) is 4.79. The van der Waals surface area contributed by atoms with Crippen molar-refractivity contribution in [1.29, 1.82) is 5.41 Å². The molecule has 0 atom stereocenters. The highest BCUT2D eigenvalue weighted by atomic mass is 19.1. The van der Waals surface area contributed by atoms with Crippen LogP contribution in [0.15, 0.2) is 30.5 Å². The Kier molecular flexibility index (Phi) is 3.18. The van der Waals surface area contributed by atoms with Crippen molar-refractivity contribution in [1.82, 2.24) is 9.97 Å². The molecule has 0 saturated heterocycles. The van der Waals surface area contributed by atoms with E-state index in [1.807, 2.05) is 0 Å². The van der Waals surface area contributed by atoms with Gasteiger partial charge in [-0.1, -0.05) is 0 Å². The summed E-state index contributed by atoms with van der Waals surface area (Å²) in [6.45, 7) is 1.63. The quantitative estimate of drug-likeness (QED) is 0.640. The van der Waals surface area contributed by atoms with Crippen LogP contribution in [0.1, 0.15) is 11.3 Å². The molecule has 92 valence electrons. The number of benzene rings is 1. The number of nitrogen functional groups attached to an aromatic ring is 1. The van der Waals surface area contributed by atoms with Gasteiger partial charge >= 0.3 is 6.01 Å². The molecule has 2 aromatic rings. The molecule has 3 N–H and O–H groups in total. The van der Waals surface area contributed by atoms with Crippen molar-refractivity contribution in [3.05, 3.63) is 47.5 Å². The number of aryl methyl sites for hydroxylation is 1. The second-order valence-electron chi connectivity index (χ2n) is 3.65. The molecular weight excluding hydrogens is 235 g/mol. The lowest BCUT2D eigenvalue weighted by molar-refractivity contribution is 0.439. The summed E-state index contributed by atoms with van der Waals surface area (Å²) in [5.74, 6) is -0.0482. The highest BCUT2D eigenvalue weighted by Gasteiger charge is 2.05. The molecule has 1 aromatic heterocycles. The minimum atomic E-state index is -0.305. The van der Waals surface area contributed by atoms with Gasteiger partial charge in [-0.2, -0.15) is 4.98 Å². The molecule has 5 nitrogen and oxygen atoms in total. The molecule has 6 heteroatoms. The summed E-state index contributed by atoms with van der Waals surface area (Å²) in [5, 5.41) is 7.26. The molecule has 0 unspecified atom stereocenters. The van der Waals surface area contributed by atoms with Crippen molar-refractivity contribution >= 4 is 5.84 Å². The van der Waals surface area contributed by atoms with Crippen molar-refractivity contribution in [2.45, 2.75) is 6.92 Å². The van der Waals surface area contributed by atoms with Crippen molar-refractivity contribution < 1.29 is 9.13 Å². The van der Waals surface area contributed by atoms with Gasteiger partial charge in [0.15, 0.2) is 0 Å². The van der Waals surface area contributed by atoms with Gasteiger partial charge in [-0.3, -0.25) is 5.41 Å². The predicted octanol–water partition coefficient (Wildman–Crippen LogP) is 2.00. The van der Waals surface area contributed by atoms with Crippen LogP contribution in [0.25, 0.3) is 0 Å². The number of ether oxygens (including phenoxy) is 1. The van der Waals surface area contributed by atoms with Crippen LogP contribution in [0.4, 0.5) is 4.39 Å². The van der Waals surface area contributed by atoms with E-state index in [1.165, 1.54) is 24.4 Å². The van der Waals surface area contributed by atoms with Gasteiger partial charge in [0, 0.05) is 6.20 Å². The van der Waals surface area contributed by atoms with Crippen LogP contribution in [0.3, 0.4) is 0 Å². The van der Waals surface area contributed by atoms with Crippen molar-refractivity contribution in [2.24, 2.45) is 5.73 Å². The smallest absolute Gasteiger partial charge is 0.322 e. The van der Waals surface area contributed by atoms with E-state index in [9.17, 15) is 4.39 Å². The van der Waals surface area contributed by atoms with Crippen molar-refractivity contribution in [3.63, 3.8) is 0 Å². The van der Waals surface area contributed by atoms with E-state index in [0.717, 1.165) is 0 Å². The lowest BCUT2D eigenvalue weighted by Gasteiger charge is -2.05. The van der Waals surface area contributed by atoms with Gasteiger partial charge in [-0.05, 0) is 36.8 Å². The number of amidine groups is 1. The van der Waals surface area contributed by atoms with Crippen LogP contribution in [-0.4, -0.2) is 15.8 Å². The van der Waals surface area contributed by atoms with Gasteiger partial charge in [0.2, 0.25) is 0 Å². The number of halogens is 1. The Hall–Kier alpha value is -2.50. The lowest BCUT2D eigenvalue weighted by Crippen LogP contribution is -2.13. The first-order valence-electron chi connectivity index (χ1n) is 5.17. The van der Waals surface area contributed by atoms with E-state index in [2.05, 4.69) is 9.97 Å². The second-order valence-corrected chi connectivity index (χ2v) is 3.65. The van der Waals surface area contributed by atoms with E-state index >= 15 is 0 Å². The van der Waals surface area contributed by atoms with Crippen molar-refractivity contribution in [3.8, 4) is 11.8 Å². The SMILES string of the molecule is Cc1cc(Oc2nccc(C(=N)N)n2)ccc1F. The number of nitrogens with one attached hydrogen (secondary N) is 1.